The van der Waals surface area contributed by atoms with E-state index >= 15 is 0 Å². The third-order valence-corrected chi connectivity index (χ3v) is 3.24. The maximum absolute atomic E-state index is 11.1. The van der Waals surface area contributed by atoms with E-state index in [0.717, 1.165) is 25.2 Å². The third kappa shape index (κ3) is 2.71. The van der Waals surface area contributed by atoms with Crippen molar-refractivity contribution in [3.05, 3.63) is 0 Å². The maximum Gasteiger partial charge on any atom is 0.220 e. The smallest absolute Gasteiger partial charge is 0.220 e. The van der Waals surface area contributed by atoms with Crippen LogP contribution >= 0.6 is 0 Å². The van der Waals surface area contributed by atoms with Crippen LogP contribution in [0.5, 0.6) is 0 Å². The van der Waals surface area contributed by atoms with Crippen LogP contribution in [-0.4, -0.2) is 11.4 Å². The molecule has 2 nitrogen and oxygen atoms in total. The molecule has 1 N–H and O–H groups in total. The van der Waals surface area contributed by atoms with Gasteiger partial charge in [-0.2, -0.15) is 0 Å². The van der Waals surface area contributed by atoms with Crippen LogP contribution in [-0.2, 0) is 4.79 Å². The predicted octanol–water partition coefficient (Wildman–Crippen LogP) is 2.48. The van der Waals surface area contributed by atoms with Gasteiger partial charge in [-0.3, -0.25) is 4.79 Å². The first kappa shape index (κ1) is 10.6. The Kier molecular flexibility index (Phi) is 3.34. The number of rotatable bonds is 4. The lowest BCUT2D eigenvalue weighted by molar-refractivity contribution is -0.119. The fourth-order valence-corrected chi connectivity index (χ4v) is 2.22. The molecule has 0 spiro atoms. The Morgan fingerprint density at radius 2 is 2.08 bits per heavy atom. The molecule has 1 unspecified atom stereocenters. The van der Waals surface area contributed by atoms with Gasteiger partial charge in [0, 0.05) is 12.0 Å². The summed E-state index contributed by atoms with van der Waals surface area (Å²) in [5, 5.41) is 3.09. The number of carbonyl (C=O) groups is 1. The highest BCUT2D eigenvalue weighted by Crippen LogP contribution is 2.29. The Hall–Kier alpha value is -0.530. The highest BCUT2D eigenvalue weighted by atomic mass is 16.2. The van der Waals surface area contributed by atoms with Crippen LogP contribution in [0.4, 0.5) is 0 Å². The van der Waals surface area contributed by atoms with E-state index in [0.29, 0.717) is 0 Å². The predicted molar refractivity (Wildman–Crippen MR) is 54.5 cm³/mol. The zero-order valence-corrected chi connectivity index (χ0v) is 9.02. The van der Waals surface area contributed by atoms with E-state index in [1.165, 1.54) is 12.8 Å². The zero-order valence-electron chi connectivity index (χ0n) is 9.02. The lowest BCUT2D eigenvalue weighted by atomic mass is 9.85. The molecule has 1 atom stereocenters. The van der Waals surface area contributed by atoms with Crippen LogP contribution in [0.15, 0.2) is 0 Å². The minimum Gasteiger partial charge on any atom is -0.351 e. The fraction of sp³-hybridized carbons (Fsp3) is 0.909. The highest BCUT2D eigenvalue weighted by molar-refractivity contribution is 5.79. The van der Waals surface area contributed by atoms with Crippen LogP contribution in [0, 0.1) is 5.92 Å². The van der Waals surface area contributed by atoms with Gasteiger partial charge in [-0.1, -0.05) is 26.7 Å². The molecule has 1 saturated heterocycles. The normalized spacial score (nSPS) is 28.2. The molecule has 0 bridgehead atoms. The summed E-state index contributed by atoms with van der Waals surface area (Å²) >= 11 is 0. The van der Waals surface area contributed by atoms with E-state index in [2.05, 4.69) is 26.1 Å². The minimum absolute atomic E-state index is 0.0910. The first-order chi connectivity index (χ1) is 6.09. The number of nitrogens with one attached hydrogen (secondary N) is 1. The molecule has 13 heavy (non-hydrogen) atoms. The third-order valence-electron chi connectivity index (χ3n) is 3.24. The van der Waals surface area contributed by atoms with Gasteiger partial charge in [0.25, 0.3) is 0 Å². The molecule has 2 heteroatoms. The Morgan fingerprint density at radius 3 is 2.46 bits per heavy atom. The number of hydrogen-bond acceptors (Lipinski definition) is 1. The minimum atomic E-state index is 0.0910. The molecule has 0 aromatic carbocycles. The average molecular weight is 183 g/mol. The van der Waals surface area contributed by atoms with Gasteiger partial charge in [0.05, 0.1) is 0 Å². The van der Waals surface area contributed by atoms with Gasteiger partial charge in [-0.05, 0) is 25.7 Å². The molecular formula is C11H21NO. The van der Waals surface area contributed by atoms with Gasteiger partial charge in [0.2, 0.25) is 5.91 Å². The standard InChI is InChI=1S/C11H21NO/c1-4-9(5-2)8-11(3)7-6-10(13)12-11/h9H,4-8H2,1-3H3,(H,12,13). The van der Waals surface area contributed by atoms with E-state index in [-0.39, 0.29) is 11.4 Å². The van der Waals surface area contributed by atoms with Crippen molar-refractivity contribution in [3.63, 3.8) is 0 Å². The molecule has 1 rings (SSSR count). The second-order valence-electron chi connectivity index (χ2n) is 4.50. The van der Waals surface area contributed by atoms with Crippen LogP contribution in [0.2, 0.25) is 0 Å². The molecule has 0 aromatic rings. The summed E-state index contributed by atoms with van der Waals surface area (Å²) in [7, 11) is 0. The Bertz CT molecular complexity index is 187. The van der Waals surface area contributed by atoms with Gasteiger partial charge in [-0.15, -0.1) is 0 Å². The summed E-state index contributed by atoms with van der Waals surface area (Å²) in [6, 6.07) is 0. The second-order valence-corrected chi connectivity index (χ2v) is 4.50. The first-order valence-electron chi connectivity index (χ1n) is 5.40. The van der Waals surface area contributed by atoms with Crippen molar-refractivity contribution < 1.29 is 4.79 Å². The summed E-state index contributed by atoms with van der Waals surface area (Å²) in [5.41, 5.74) is 0.0910. The van der Waals surface area contributed by atoms with Crippen molar-refractivity contribution in [1.29, 1.82) is 0 Å². The summed E-state index contributed by atoms with van der Waals surface area (Å²) < 4.78 is 0. The van der Waals surface area contributed by atoms with E-state index in [1.807, 2.05) is 0 Å². The average Bonchev–Trinajstić information content (AvgIpc) is 2.43. The van der Waals surface area contributed by atoms with Gasteiger partial charge < -0.3 is 5.32 Å². The largest absolute Gasteiger partial charge is 0.351 e. The van der Waals surface area contributed by atoms with Crippen molar-refractivity contribution in [1.82, 2.24) is 5.32 Å². The van der Waals surface area contributed by atoms with Gasteiger partial charge in [0.1, 0.15) is 0 Å². The van der Waals surface area contributed by atoms with Crippen molar-refractivity contribution in [2.75, 3.05) is 0 Å². The molecular weight excluding hydrogens is 162 g/mol. The van der Waals surface area contributed by atoms with Crippen molar-refractivity contribution >= 4 is 5.91 Å². The fourth-order valence-electron chi connectivity index (χ4n) is 2.22. The SMILES string of the molecule is CCC(CC)CC1(C)CCC(=O)N1. The van der Waals surface area contributed by atoms with Crippen molar-refractivity contribution in [2.45, 2.75) is 58.4 Å². The van der Waals surface area contributed by atoms with Gasteiger partial charge in [-0.25, -0.2) is 0 Å². The number of amides is 1. The summed E-state index contributed by atoms with van der Waals surface area (Å²) in [5.74, 6) is 0.997. The highest BCUT2D eigenvalue weighted by Gasteiger charge is 2.34. The van der Waals surface area contributed by atoms with E-state index in [1.54, 1.807) is 0 Å². The maximum atomic E-state index is 11.1. The first-order valence-corrected chi connectivity index (χ1v) is 5.40. The molecule has 76 valence electrons. The molecule has 1 aliphatic rings. The molecule has 1 amide bonds. The van der Waals surface area contributed by atoms with Crippen LogP contribution < -0.4 is 5.32 Å². The van der Waals surface area contributed by atoms with Gasteiger partial charge >= 0.3 is 0 Å². The molecule has 0 saturated carbocycles. The van der Waals surface area contributed by atoms with Crippen molar-refractivity contribution in [2.24, 2.45) is 5.92 Å². The zero-order chi connectivity index (χ0) is 9.90. The summed E-state index contributed by atoms with van der Waals surface area (Å²) in [6.07, 6.45) is 5.33. The molecule has 0 aromatic heterocycles. The Morgan fingerprint density at radius 1 is 1.46 bits per heavy atom. The summed E-state index contributed by atoms with van der Waals surface area (Å²) in [4.78, 5) is 11.1. The molecule has 1 aliphatic heterocycles. The molecule has 1 heterocycles. The van der Waals surface area contributed by atoms with Crippen LogP contribution in [0.1, 0.15) is 52.9 Å². The number of hydrogen-bond donors (Lipinski definition) is 1. The van der Waals surface area contributed by atoms with Crippen LogP contribution in [0.25, 0.3) is 0 Å². The van der Waals surface area contributed by atoms with Crippen LogP contribution in [0.3, 0.4) is 0 Å². The topological polar surface area (TPSA) is 29.1 Å². The lowest BCUT2D eigenvalue weighted by Crippen LogP contribution is -2.39. The monoisotopic (exact) mass is 183 g/mol. The van der Waals surface area contributed by atoms with E-state index < -0.39 is 0 Å². The lowest BCUT2D eigenvalue weighted by Gasteiger charge is -2.28. The Balaban J connectivity index is 2.46. The van der Waals surface area contributed by atoms with Crippen molar-refractivity contribution in [3.8, 4) is 0 Å². The van der Waals surface area contributed by atoms with E-state index in [9.17, 15) is 4.79 Å². The summed E-state index contributed by atoms with van der Waals surface area (Å²) in [6.45, 7) is 6.64. The van der Waals surface area contributed by atoms with Gasteiger partial charge in [0.15, 0.2) is 0 Å². The second kappa shape index (κ2) is 4.12. The molecule has 0 radical (unpaired) electrons. The van der Waals surface area contributed by atoms with E-state index in [4.69, 9.17) is 0 Å². The quantitative estimate of drug-likeness (QED) is 0.712. The Labute approximate surface area is 81.1 Å². The number of carbonyl (C=O) groups excluding carboxylic acids is 1. The molecule has 1 fully saturated rings. The molecule has 0 aliphatic carbocycles.